The molecule has 2 aromatic carbocycles. The summed E-state index contributed by atoms with van der Waals surface area (Å²) in [7, 11) is -2.00. The molecule has 1 aliphatic heterocycles. The number of ether oxygens (including phenoxy) is 2. The SMILES string of the molecule is COc1ccc(NC(=O)C2CCN(S(=O)(=O)c3ccc(C)cc3)CC2)cc1OCc1cccnc1. The molecule has 1 fully saturated rings. The number of rotatable bonds is 8. The molecule has 1 aromatic heterocycles. The average molecular weight is 496 g/mol. The average Bonchev–Trinajstić information content (AvgIpc) is 2.88. The molecule has 4 rings (SSSR count). The summed E-state index contributed by atoms with van der Waals surface area (Å²) in [5.74, 6) is 0.650. The lowest BCUT2D eigenvalue weighted by Crippen LogP contribution is -2.41. The minimum atomic E-state index is -3.56. The summed E-state index contributed by atoms with van der Waals surface area (Å²) in [5.41, 5.74) is 2.51. The van der Waals surface area contributed by atoms with E-state index in [4.69, 9.17) is 9.47 Å². The van der Waals surface area contributed by atoms with Crippen molar-refractivity contribution >= 4 is 21.6 Å². The van der Waals surface area contributed by atoms with E-state index in [-0.39, 0.29) is 16.7 Å². The molecule has 35 heavy (non-hydrogen) atoms. The molecule has 0 atom stereocenters. The third kappa shape index (κ3) is 5.98. The number of hydrogen-bond acceptors (Lipinski definition) is 6. The van der Waals surface area contributed by atoms with Crippen LogP contribution in [0.1, 0.15) is 24.0 Å². The first-order chi connectivity index (χ1) is 16.9. The molecular formula is C26H29N3O5S. The highest BCUT2D eigenvalue weighted by Crippen LogP contribution is 2.32. The van der Waals surface area contributed by atoms with E-state index in [0.717, 1.165) is 11.1 Å². The van der Waals surface area contributed by atoms with Crippen LogP contribution in [-0.2, 0) is 21.4 Å². The Kier molecular flexibility index (Phi) is 7.67. The summed E-state index contributed by atoms with van der Waals surface area (Å²) < 4.78 is 38.6. The van der Waals surface area contributed by atoms with Gasteiger partial charge in [-0.05, 0) is 50.1 Å². The van der Waals surface area contributed by atoms with Crippen LogP contribution in [0, 0.1) is 12.8 Å². The molecule has 8 nitrogen and oxygen atoms in total. The number of benzene rings is 2. The molecule has 0 radical (unpaired) electrons. The molecule has 1 aliphatic rings. The normalized spacial score (nSPS) is 14.9. The number of aryl methyl sites for hydroxylation is 1. The molecule has 184 valence electrons. The van der Waals surface area contributed by atoms with E-state index in [1.54, 1.807) is 62.0 Å². The number of carbonyl (C=O) groups excluding carboxylic acids is 1. The van der Waals surface area contributed by atoms with Crippen LogP contribution in [0.5, 0.6) is 11.5 Å². The van der Waals surface area contributed by atoms with Crippen molar-refractivity contribution < 1.29 is 22.7 Å². The van der Waals surface area contributed by atoms with Crippen molar-refractivity contribution in [2.24, 2.45) is 5.92 Å². The number of methoxy groups -OCH3 is 1. The Morgan fingerprint density at radius 3 is 2.49 bits per heavy atom. The number of pyridine rings is 1. The third-order valence-electron chi connectivity index (χ3n) is 6.03. The molecule has 0 bridgehead atoms. The summed E-state index contributed by atoms with van der Waals surface area (Å²) >= 11 is 0. The van der Waals surface area contributed by atoms with Crippen molar-refractivity contribution in [1.29, 1.82) is 0 Å². The van der Waals surface area contributed by atoms with E-state index >= 15 is 0 Å². The van der Waals surface area contributed by atoms with E-state index < -0.39 is 10.0 Å². The van der Waals surface area contributed by atoms with Crippen LogP contribution in [0.3, 0.4) is 0 Å². The molecular weight excluding hydrogens is 466 g/mol. The molecule has 0 spiro atoms. The highest BCUT2D eigenvalue weighted by molar-refractivity contribution is 7.89. The van der Waals surface area contributed by atoms with E-state index in [9.17, 15) is 13.2 Å². The maximum atomic E-state index is 12.9. The Morgan fingerprint density at radius 2 is 1.83 bits per heavy atom. The first-order valence-corrected chi connectivity index (χ1v) is 12.9. The zero-order valence-electron chi connectivity index (χ0n) is 19.8. The minimum Gasteiger partial charge on any atom is -0.493 e. The van der Waals surface area contributed by atoms with Crippen molar-refractivity contribution in [2.75, 3.05) is 25.5 Å². The molecule has 0 aliphatic carbocycles. The summed E-state index contributed by atoms with van der Waals surface area (Å²) in [6, 6.07) is 15.8. The molecule has 3 aromatic rings. The number of carbonyl (C=O) groups is 1. The number of anilines is 1. The van der Waals surface area contributed by atoms with Crippen molar-refractivity contribution in [2.45, 2.75) is 31.3 Å². The van der Waals surface area contributed by atoms with Crippen LogP contribution in [-0.4, -0.2) is 43.8 Å². The highest BCUT2D eigenvalue weighted by Gasteiger charge is 2.32. The summed E-state index contributed by atoms with van der Waals surface area (Å²) in [6.07, 6.45) is 4.33. The zero-order chi connectivity index (χ0) is 24.8. The van der Waals surface area contributed by atoms with E-state index in [0.29, 0.717) is 49.7 Å². The van der Waals surface area contributed by atoms with E-state index in [2.05, 4.69) is 10.3 Å². The van der Waals surface area contributed by atoms with Crippen LogP contribution >= 0.6 is 0 Å². The number of nitrogens with zero attached hydrogens (tertiary/aromatic N) is 2. The predicted octanol–water partition coefficient (Wildman–Crippen LogP) is 4.02. The fourth-order valence-corrected chi connectivity index (χ4v) is 5.44. The van der Waals surface area contributed by atoms with Gasteiger partial charge in [-0.25, -0.2) is 8.42 Å². The molecule has 0 saturated carbocycles. The molecule has 1 amide bonds. The maximum absolute atomic E-state index is 12.9. The fraction of sp³-hybridized carbons (Fsp3) is 0.308. The lowest BCUT2D eigenvalue weighted by molar-refractivity contribution is -0.120. The number of sulfonamides is 1. The molecule has 1 saturated heterocycles. The standard InChI is InChI=1S/C26H29N3O5S/c1-19-5-8-23(9-6-19)35(31,32)29-14-11-21(12-15-29)26(30)28-22-7-10-24(33-2)25(16-22)34-18-20-4-3-13-27-17-20/h3-10,13,16-17,21H,11-12,14-15,18H2,1-2H3,(H,28,30). The van der Waals surface area contributed by atoms with Gasteiger partial charge < -0.3 is 14.8 Å². The Balaban J connectivity index is 1.36. The maximum Gasteiger partial charge on any atom is 0.243 e. The van der Waals surface area contributed by atoms with Crippen LogP contribution in [0.2, 0.25) is 0 Å². The number of amides is 1. The van der Waals surface area contributed by atoms with Crippen LogP contribution in [0.4, 0.5) is 5.69 Å². The van der Waals surface area contributed by atoms with Crippen molar-refractivity contribution in [3.05, 3.63) is 78.1 Å². The smallest absolute Gasteiger partial charge is 0.243 e. The van der Waals surface area contributed by atoms with Crippen molar-refractivity contribution in [3.63, 3.8) is 0 Å². The largest absolute Gasteiger partial charge is 0.493 e. The Morgan fingerprint density at radius 1 is 1.09 bits per heavy atom. The van der Waals surface area contributed by atoms with Crippen molar-refractivity contribution in [3.8, 4) is 11.5 Å². The van der Waals surface area contributed by atoms with Gasteiger partial charge in [0, 0.05) is 48.7 Å². The number of hydrogen-bond donors (Lipinski definition) is 1. The van der Waals surface area contributed by atoms with Gasteiger partial charge in [0.05, 0.1) is 12.0 Å². The van der Waals surface area contributed by atoms with Gasteiger partial charge in [0.2, 0.25) is 15.9 Å². The predicted molar refractivity (Wildman–Crippen MR) is 133 cm³/mol. The van der Waals surface area contributed by atoms with Gasteiger partial charge in [-0.15, -0.1) is 0 Å². The lowest BCUT2D eigenvalue weighted by Gasteiger charge is -2.30. The second-order valence-electron chi connectivity index (χ2n) is 8.50. The number of aromatic nitrogens is 1. The first-order valence-electron chi connectivity index (χ1n) is 11.4. The van der Waals surface area contributed by atoms with Crippen LogP contribution < -0.4 is 14.8 Å². The zero-order valence-corrected chi connectivity index (χ0v) is 20.6. The minimum absolute atomic E-state index is 0.138. The second-order valence-corrected chi connectivity index (χ2v) is 10.4. The van der Waals surface area contributed by atoms with E-state index in [1.807, 2.05) is 19.1 Å². The second kappa shape index (κ2) is 10.9. The number of nitrogens with one attached hydrogen (secondary N) is 1. The molecule has 2 heterocycles. The fourth-order valence-electron chi connectivity index (χ4n) is 3.97. The van der Waals surface area contributed by atoms with E-state index in [1.165, 1.54) is 4.31 Å². The van der Waals surface area contributed by atoms with Gasteiger partial charge >= 0.3 is 0 Å². The molecule has 9 heteroatoms. The Bertz CT molecular complexity index is 1260. The molecule has 1 N–H and O–H groups in total. The summed E-state index contributed by atoms with van der Waals surface area (Å²) in [4.78, 5) is 17.3. The monoisotopic (exact) mass is 495 g/mol. The Hall–Kier alpha value is -3.43. The van der Waals surface area contributed by atoms with Gasteiger partial charge in [0.1, 0.15) is 6.61 Å². The first kappa shape index (κ1) is 24.7. The number of piperidine rings is 1. The Labute approximate surface area is 206 Å². The van der Waals surface area contributed by atoms with Gasteiger partial charge in [0.25, 0.3) is 0 Å². The molecule has 0 unspecified atom stereocenters. The van der Waals surface area contributed by atoms with Crippen molar-refractivity contribution in [1.82, 2.24) is 9.29 Å². The van der Waals surface area contributed by atoms with Gasteiger partial charge in [-0.3, -0.25) is 9.78 Å². The highest BCUT2D eigenvalue weighted by atomic mass is 32.2. The summed E-state index contributed by atoms with van der Waals surface area (Å²) in [6.45, 7) is 2.83. The quantitative estimate of drug-likeness (QED) is 0.507. The van der Waals surface area contributed by atoms with Crippen LogP contribution in [0.15, 0.2) is 71.9 Å². The van der Waals surface area contributed by atoms with Gasteiger partial charge in [0.15, 0.2) is 11.5 Å². The van der Waals surface area contributed by atoms with Gasteiger partial charge in [-0.2, -0.15) is 4.31 Å². The summed E-state index contributed by atoms with van der Waals surface area (Å²) in [5, 5.41) is 2.94. The lowest BCUT2D eigenvalue weighted by atomic mass is 9.97. The van der Waals surface area contributed by atoms with Gasteiger partial charge in [-0.1, -0.05) is 23.8 Å². The third-order valence-corrected chi connectivity index (χ3v) is 7.94. The topological polar surface area (TPSA) is 97.8 Å². The van der Waals surface area contributed by atoms with Crippen LogP contribution in [0.25, 0.3) is 0 Å².